The van der Waals surface area contributed by atoms with Crippen LogP contribution < -0.4 is 19.7 Å². The molecule has 156 valence electrons. The summed E-state index contributed by atoms with van der Waals surface area (Å²) in [7, 11) is 3.37. The normalized spacial score (nSPS) is 18.1. The van der Waals surface area contributed by atoms with Crippen LogP contribution in [0.5, 0.6) is 11.5 Å². The van der Waals surface area contributed by atoms with E-state index in [2.05, 4.69) is 26.2 Å². The molecule has 0 aliphatic carbocycles. The third kappa shape index (κ3) is 4.90. The second-order valence-corrected chi connectivity index (χ2v) is 7.85. The van der Waals surface area contributed by atoms with E-state index in [0.29, 0.717) is 6.04 Å². The number of likely N-dealkylation sites (tertiary alicyclic amines) is 1. The molecule has 0 atom stereocenters. The number of hydrogen-bond donors (Lipinski definition) is 1. The smallest absolute Gasteiger partial charge is 0.224 e. The highest BCUT2D eigenvalue weighted by Crippen LogP contribution is 2.27. The molecule has 4 rings (SSSR count). The van der Waals surface area contributed by atoms with Gasteiger partial charge in [0.25, 0.3) is 0 Å². The quantitative estimate of drug-likeness (QED) is 0.770. The highest BCUT2D eigenvalue weighted by molar-refractivity contribution is 5.44. The van der Waals surface area contributed by atoms with E-state index in [1.54, 1.807) is 14.2 Å². The van der Waals surface area contributed by atoms with Gasteiger partial charge in [0.2, 0.25) is 5.95 Å². The van der Waals surface area contributed by atoms with Gasteiger partial charge in [-0.1, -0.05) is 18.9 Å². The molecule has 0 bridgehead atoms. The van der Waals surface area contributed by atoms with Gasteiger partial charge in [-0.25, -0.2) is 4.98 Å². The molecule has 0 saturated carbocycles. The molecule has 3 heterocycles. The molecule has 2 aromatic rings. The van der Waals surface area contributed by atoms with Gasteiger partial charge >= 0.3 is 0 Å². The average molecular weight is 398 g/mol. The minimum absolute atomic E-state index is 0.374. The molecule has 29 heavy (non-hydrogen) atoms. The van der Waals surface area contributed by atoms with Crippen LogP contribution in [0.15, 0.2) is 30.5 Å². The SMILES string of the molecule is COc1ccc(CN2CC(Nc3nccc(N4CCCCCC4)n3)C2)c(OC)c1. The van der Waals surface area contributed by atoms with Crippen molar-refractivity contribution in [2.24, 2.45) is 0 Å². The highest BCUT2D eigenvalue weighted by atomic mass is 16.5. The number of ether oxygens (including phenoxy) is 2. The van der Waals surface area contributed by atoms with Gasteiger partial charge in [0.1, 0.15) is 17.3 Å². The number of anilines is 2. The molecule has 2 fully saturated rings. The summed E-state index contributed by atoms with van der Waals surface area (Å²) in [4.78, 5) is 14.0. The Hall–Kier alpha value is -2.54. The van der Waals surface area contributed by atoms with Crippen molar-refractivity contribution in [3.8, 4) is 11.5 Å². The first-order chi connectivity index (χ1) is 14.2. The van der Waals surface area contributed by atoms with E-state index in [-0.39, 0.29) is 0 Å². The van der Waals surface area contributed by atoms with Gasteiger partial charge in [-0.05, 0) is 25.0 Å². The lowest BCUT2D eigenvalue weighted by Gasteiger charge is -2.39. The van der Waals surface area contributed by atoms with E-state index >= 15 is 0 Å². The lowest BCUT2D eigenvalue weighted by molar-refractivity contribution is 0.151. The van der Waals surface area contributed by atoms with Crippen molar-refractivity contribution in [1.82, 2.24) is 14.9 Å². The summed E-state index contributed by atoms with van der Waals surface area (Å²) >= 11 is 0. The van der Waals surface area contributed by atoms with Crippen molar-refractivity contribution in [2.45, 2.75) is 38.3 Å². The highest BCUT2D eigenvalue weighted by Gasteiger charge is 2.28. The van der Waals surface area contributed by atoms with Crippen LogP contribution in [0.4, 0.5) is 11.8 Å². The van der Waals surface area contributed by atoms with Crippen LogP contribution in [0, 0.1) is 0 Å². The van der Waals surface area contributed by atoms with Crippen molar-refractivity contribution >= 4 is 11.8 Å². The van der Waals surface area contributed by atoms with Gasteiger partial charge in [-0.2, -0.15) is 4.98 Å². The molecule has 1 N–H and O–H groups in total. The van der Waals surface area contributed by atoms with Crippen LogP contribution in [0.2, 0.25) is 0 Å². The predicted molar refractivity (Wildman–Crippen MR) is 115 cm³/mol. The van der Waals surface area contributed by atoms with Gasteiger partial charge in [-0.15, -0.1) is 0 Å². The molecule has 0 amide bonds. The lowest BCUT2D eigenvalue weighted by Crippen LogP contribution is -2.54. The molecule has 0 spiro atoms. The number of aromatic nitrogens is 2. The average Bonchev–Trinajstić information content (AvgIpc) is 3.02. The van der Waals surface area contributed by atoms with Gasteiger partial charge in [0.05, 0.1) is 20.3 Å². The third-order valence-corrected chi connectivity index (χ3v) is 5.75. The number of rotatable bonds is 7. The molecule has 2 saturated heterocycles. The van der Waals surface area contributed by atoms with Crippen LogP contribution in [-0.2, 0) is 6.54 Å². The third-order valence-electron chi connectivity index (χ3n) is 5.75. The van der Waals surface area contributed by atoms with E-state index in [9.17, 15) is 0 Å². The summed E-state index contributed by atoms with van der Waals surface area (Å²) in [6.45, 7) is 4.98. The summed E-state index contributed by atoms with van der Waals surface area (Å²) in [6, 6.07) is 8.40. The number of nitrogens with zero attached hydrogens (tertiary/aromatic N) is 4. The van der Waals surface area contributed by atoms with Crippen molar-refractivity contribution in [1.29, 1.82) is 0 Å². The Bertz CT molecular complexity index is 802. The lowest BCUT2D eigenvalue weighted by atomic mass is 10.1. The van der Waals surface area contributed by atoms with E-state index in [4.69, 9.17) is 14.5 Å². The summed E-state index contributed by atoms with van der Waals surface area (Å²) in [5.74, 6) is 3.46. The summed E-state index contributed by atoms with van der Waals surface area (Å²) < 4.78 is 10.8. The van der Waals surface area contributed by atoms with Crippen LogP contribution in [0.25, 0.3) is 0 Å². The Balaban J connectivity index is 1.30. The molecular formula is C22H31N5O2. The van der Waals surface area contributed by atoms with Crippen molar-refractivity contribution in [2.75, 3.05) is 50.6 Å². The fraction of sp³-hybridized carbons (Fsp3) is 0.545. The fourth-order valence-corrected chi connectivity index (χ4v) is 4.09. The topological polar surface area (TPSA) is 62.8 Å². The zero-order valence-electron chi connectivity index (χ0n) is 17.4. The number of benzene rings is 1. The number of nitrogens with one attached hydrogen (secondary N) is 1. The molecule has 2 aliphatic rings. The van der Waals surface area contributed by atoms with Crippen LogP contribution >= 0.6 is 0 Å². The molecule has 0 unspecified atom stereocenters. The van der Waals surface area contributed by atoms with Gasteiger partial charge < -0.3 is 19.7 Å². The first-order valence-electron chi connectivity index (χ1n) is 10.5. The van der Waals surface area contributed by atoms with Gasteiger partial charge in [-0.3, -0.25) is 4.90 Å². The molecule has 7 heteroatoms. The maximum atomic E-state index is 5.51. The zero-order valence-corrected chi connectivity index (χ0v) is 17.4. The Morgan fingerprint density at radius 2 is 1.83 bits per heavy atom. The Kier molecular flexibility index (Phi) is 6.34. The maximum absolute atomic E-state index is 5.51. The Morgan fingerprint density at radius 1 is 1.03 bits per heavy atom. The van der Waals surface area contributed by atoms with Gasteiger partial charge in [0.15, 0.2) is 0 Å². The monoisotopic (exact) mass is 397 g/mol. The molecule has 1 aromatic carbocycles. The minimum Gasteiger partial charge on any atom is -0.497 e. The van der Waals surface area contributed by atoms with Crippen LogP contribution in [0.3, 0.4) is 0 Å². The molecular weight excluding hydrogens is 366 g/mol. The first kappa shape index (κ1) is 19.8. The second-order valence-electron chi connectivity index (χ2n) is 7.85. The van der Waals surface area contributed by atoms with Crippen molar-refractivity contribution < 1.29 is 9.47 Å². The van der Waals surface area contributed by atoms with Crippen molar-refractivity contribution in [3.63, 3.8) is 0 Å². The maximum Gasteiger partial charge on any atom is 0.224 e. The fourth-order valence-electron chi connectivity index (χ4n) is 4.09. The van der Waals surface area contributed by atoms with Crippen LogP contribution in [-0.4, -0.2) is 61.3 Å². The zero-order chi connectivity index (χ0) is 20.1. The summed E-state index contributed by atoms with van der Waals surface area (Å²) in [6.07, 6.45) is 7.01. The summed E-state index contributed by atoms with van der Waals surface area (Å²) in [5.41, 5.74) is 1.17. The second kappa shape index (κ2) is 9.31. The van der Waals surface area contributed by atoms with Gasteiger partial charge in [0, 0.05) is 50.6 Å². The molecule has 7 nitrogen and oxygen atoms in total. The standard InChI is InChI=1S/C22H31N5O2/c1-28-19-8-7-17(20(13-19)29-2)14-26-15-18(16-26)24-22-23-10-9-21(25-22)27-11-5-3-4-6-12-27/h7-10,13,18H,3-6,11-12,14-16H2,1-2H3,(H,23,24,25). The van der Waals surface area contributed by atoms with E-state index < -0.39 is 0 Å². The molecule has 1 aromatic heterocycles. The van der Waals surface area contributed by atoms with E-state index in [1.165, 1.54) is 31.2 Å². The minimum atomic E-state index is 0.374. The summed E-state index contributed by atoms with van der Waals surface area (Å²) in [5, 5.41) is 3.49. The predicted octanol–water partition coefficient (Wildman–Crippen LogP) is 3.17. The van der Waals surface area contributed by atoms with E-state index in [1.807, 2.05) is 24.4 Å². The number of methoxy groups -OCH3 is 2. The first-order valence-corrected chi connectivity index (χ1v) is 10.5. The van der Waals surface area contributed by atoms with Crippen molar-refractivity contribution in [3.05, 3.63) is 36.0 Å². The number of hydrogen-bond acceptors (Lipinski definition) is 7. The Morgan fingerprint density at radius 3 is 2.55 bits per heavy atom. The Labute approximate surface area is 173 Å². The van der Waals surface area contributed by atoms with Crippen LogP contribution in [0.1, 0.15) is 31.2 Å². The largest absolute Gasteiger partial charge is 0.497 e. The molecule has 2 aliphatic heterocycles. The van der Waals surface area contributed by atoms with E-state index in [0.717, 1.165) is 56.0 Å². The molecule has 0 radical (unpaired) electrons.